The van der Waals surface area contributed by atoms with Gasteiger partial charge in [-0.15, -0.1) is 0 Å². The van der Waals surface area contributed by atoms with Crippen molar-refractivity contribution in [2.45, 2.75) is 46.5 Å². The van der Waals surface area contributed by atoms with E-state index >= 15 is 0 Å². The summed E-state index contributed by atoms with van der Waals surface area (Å²) in [6, 6.07) is 8.03. The van der Waals surface area contributed by atoms with Crippen LogP contribution in [0.4, 0.5) is 17.2 Å². The lowest BCUT2D eigenvalue weighted by molar-refractivity contribution is 0.350. The van der Waals surface area contributed by atoms with E-state index in [1.165, 1.54) is 0 Å². The summed E-state index contributed by atoms with van der Waals surface area (Å²) in [5.74, 6) is 6.87. The Kier molecular flexibility index (Phi) is 7.30. The lowest BCUT2D eigenvalue weighted by atomic mass is 9.87. The van der Waals surface area contributed by atoms with Crippen LogP contribution in [0.2, 0.25) is 0 Å². The normalized spacial score (nSPS) is 13.1. The SMILES string of the molecule is CNc1ccccc1N=CCCCC(C)(C)CNc1n[nH]c(=O)c2c1=C(C)C#CCC=2. The maximum atomic E-state index is 12.2. The van der Waals surface area contributed by atoms with Gasteiger partial charge in [0.1, 0.15) is 0 Å². The smallest absolute Gasteiger partial charge is 0.271 e. The first-order chi connectivity index (χ1) is 14.9. The molecular weight excluding hydrogens is 386 g/mol. The van der Waals surface area contributed by atoms with Gasteiger partial charge in [0.05, 0.1) is 16.6 Å². The van der Waals surface area contributed by atoms with Crippen LogP contribution < -0.4 is 26.6 Å². The first-order valence-electron chi connectivity index (χ1n) is 10.7. The van der Waals surface area contributed by atoms with E-state index < -0.39 is 0 Å². The summed E-state index contributed by atoms with van der Waals surface area (Å²) in [4.78, 5) is 16.8. The van der Waals surface area contributed by atoms with Gasteiger partial charge in [-0.2, -0.15) is 5.10 Å². The van der Waals surface area contributed by atoms with Gasteiger partial charge in [-0.25, -0.2) is 5.10 Å². The monoisotopic (exact) mass is 417 g/mol. The number of nitrogens with one attached hydrogen (secondary N) is 3. The molecule has 1 aromatic heterocycles. The average Bonchev–Trinajstić information content (AvgIpc) is 2.96. The van der Waals surface area contributed by atoms with Crippen molar-refractivity contribution in [2.75, 3.05) is 24.2 Å². The largest absolute Gasteiger partial charge is 0.386 e. The van der Waals surface area contributed by atoms with E-state index in [4.69, 9.17) is 0 Å². The molecule has 1 aliphatic rings. The van der Waals surface area contributed by atoms with E-state index in [0.29, 0.717) is 17.5 Å². The number of aliphatic imine (C=N–C) groups is 1. The third-order valence-corrected chi connectivity index (χ3v) is 5.40. The number of para-hydroxylation sites is 2. The molecule has 0 fully saturated rings. The maximum absolute atomic E-state index is 12.2. The number of rotatable bonds is 9. The molecular formula is C25H31N5O. The van der Waals surface area contributed by atoms with Gasteiger partial charge in [-0.05, 0) is 43.7 Å². The van der Waals surface area contributed by atoms with Crippen molar-refractivity contribution in [3.05, 3.63) is 45.1 Å². The van der Waals surface area contributed by atoms with E-state index in [9.17, 15) is 4.79 Å². The molecule has 0 saturated carbocycles. The number of aromatic amines is 1. The molecule has 0 atom stereocenters. The highest BCUT2D eigenvalue weighted by Crippen LogP contribution is 2.25. The topological polar surface area (TPSA) is 82.2 Å². The Balaban J connectivity index is 1.60. The van der Waals surface area contributed by atoms with E-state index in [0.717, 1.165) is 48.0 Å². The van der Waals surface area contributed by atoms with Gasteiger partial charge in [0.15, 0.2) is 5.82 Å². The molecule has 6 nitrogen and oxygen atoms in total. The first-order valence-corrected chi connectivity index (χ1v) is 10.7. The molecule has 6 heteroatoms. The Morgan fingerprint density at radius 3 is 2.94 bits per heavy atom. The van der Waals surface area contributed by atoms with Crippen molar-refractivity contribution in [2.24, 2.45) is 10.4 Å². The molecule has 0 bridgehead atoms. The summed E-state index contributed by atoms with van der Waals surface area (Å²) in [6.07, 6.45) is 7.45. The molecule has 1 heterocycles. The molecule has 0 aliphatic heterocycles. The van der Waals surface area contributed by atoms with Crippen LogP contribution in [0.15, 0.2) is 34.1 Å². The molecule has 3 rings (SSSR count). The highest BCUT2D eigenvalue weighted by molar-refractivity contribution is 5.72. The number of hydrogen-bond acceptors (Lipinski definition) is 5. The fourth-order valence-electron chi connectivity index (χ4n) is 3.61. The molecule has 0 radical (unpaired) electrons. The fraction of sp³-hybridized carbons (Fsp3) is 0.400. The minimum absolute atomic E-state index is 0.0649. The molecule has 3 N–H and O–H groups in total. The highest BCUT2D eigenvalue weighted by atomic mass is 16.1. The summed E-state index contributed by atoms with van der Waals surface area (Å²) in [6.45, 7) is 7.16. The van der Waals surface area contributed by atoms with Crippen molar-refractivity contribution in [1.29, 1.82) is 0 Å². The predicted molar refractivity (Wildman–Crippen MR) is 130 cm³/mol. The highest BCUT2D eigenvalue weighted by Gasteiger charge is 2.18. The molecule has 0 amide bonds. The molecule has 0 spiro atoms. The van der Waals surface area contributed by atoms with Gasteiger partial charge >= 0.3 is 0 Å². The van der Waals surface area contributed by atoms with E-state index in [-0.39, 0.29) is 11.0 Å². The number of hydrogen-bond donors (Lipinski definition) is 3. The van der Waals surface area contributed by atoms with Gasteiger partial charge in [-0.3, -0.25) is 9.79 Å². The molecule has 0 saturated heterocycles. The van der Waals surface area contributed by atoms with Crippen molar-refractivity contribution >= 4 is 35.1 Å². The Bertz CT molecular complexity index is 1190. The number of nitrogens with zero attached hydrogens (tertiary/aromatic N) is 2. The number of H-pyrrole nitrogens is 1. The van der Waals surface area contributed by atoms with Crippen LogP contribution >= 0.6 is 0 Å². The lowest BCUT2D eigenvalue weighted by Crippen LogP contribution is -2.44. The van der Waals surface area contributed by atoms with Crippen LogP contribution in [0.1, 0.15) is 46.5 Å². The number of aromatic nitrogens is 2. The first kappa shape index (κ1) is 22.4. The van der Waals surface area contributed by atoms with Crippen LogP contribution in [-0.4, -0.2) is 30.0 Å². The van der Waals surface area contributed by atoms with Crippen molar-refractivity contribution < 1.29 is 0 Å². The zero-order chi connectivity index (χ0) is 22.3. The second kappa shape index (κ2) is 10.1. The van der Waals surface area contributed by atoms with Crippen LogP contribution in [-0.2, 0) is 0 Å². The Morgan fingerprint density at radius 2 is 2.13 bits per heavy atom. The predicted octanol–water partition coefficient (Wildman–Crippen LogP) is 3.18. The van der Waals surface area contributed by atoms with Crippen LogP contribution in [0.3, 0.4) is 0 Å². The second-order valence-electron chi connectivity index (χ2n) is 8.51. The summed E-state index contributed by atoms with van der Waals surface area (Å²) < 4.78 is 0. The molecule has 1 aliphatic carbocycles. The summed E-state index contributed by atoms with van der Waals surface area (Å²) >= 11 is 0. The van der Waals surface area contributed by atoms with Crippen LogP contribution in [0, 0.1) is 17.3 Å². The van der Waals surface area contributed by atoms with E-state index in [2.05, 4.69) is 51.5 Å². The molecule has 1 aromatic carbocycles. The number of benzene rings is 1. The third-order valence-electron chi connectivity index (χ3n) is 5.40. The van der Waals surface area contributed by atoms with E-state index in [1.807, 2.05) is 50.5 Å². The lowest BCUT2D eigenvalue weighted by Gasteiger charge is -2.25. The third kappa shape index (κ3) is 5.85. The Hall–Kier alpha value is -3.33. The minimum Gasteiger partial charge on any atom is -0.386 e. The van der Waals surface area contributed by atoms with Gasteiger partial charge in [0, 0.05) is 37.0 Å². The molecule has 31 heavy (non-hydrogen) atoms. The Labute approximate surface area is 183 Å². The van der Waals surface area contributed by atoms with Crippen molar-refractivity contribution in [1.82, 2.24) is 10.2 Å². The molecule has 2 aromatic rings. The summed E-state index contributed by atoms with van der Waals surface area (Å²) in [5.41, 5.74) is 2.76. The quantitative estimate of drug-likeness (QED) is 0.332. The van der Waals surface area contributed by atoms with Crippen molar-refractivity contribution in [3.8, 4) is 11.8 Å². The standard InChI is InChI=1S/C25H31N5O/c1-18-11-5-6-12-19-22(18)23(29-30-24(19)31)28-17-25(2,3)15-9-10-16-27-21-14-8-7-13-20(21)26-4/h7-8,12-14,16,26H,6,9-10,15,17H2,1-4H3,(H,28,29)(H,30,31). The number of fused-ring (bicyclic) bond motifs is 1. The zero-order valence-corrected chi connectivity index (χ0v) is 18.8. The van der Waals surface area contributed by atoms with Gasteiger partial charge in [-0.1, -0.05) is 43.9 Å². The fourth-order valence-corrected chi connectivity index (χ4v) is 3.61. The number of unbranched alkanes of at least 4 members (excludes halogenated alkanes) is 1. The maximum Gasteiger partial charge on any atom is 0.271 e. The average molecular weight is 418 g/mol. The second-order valence-corrected chi connectivity index (χ2v) is 8.51. The van der Waals surface area contributed by atoms with Gasteiger partial charge in [0.2, 0.25) is 0 Å². The molecule has 162 valence electrons. The number of anilines is 2. The minimum atomic E-state index is -0.177. The zero-order valence-electron chi connectivity index (χ0n) is 18.8. The summed E-state index contributed by atoms with van der Waals surface area (Å²) in [5, 5.41) is 14.9. The Morgan fingerprint density at radius 1 is 1.32 bits per heavy atom. The molecule has 0 unspecified atom stereocenters. The van der Waals surface area contributed by atoms with Crippen LogP contribution in [0.5, 0.6) is 0 Å². The van der Waals surface area contributed by atoms with Gasteiger partial charge in [0.25, 0.3) is 5.56 Å². The van der Waals surface area contributed by atoms with E-state index in [1.54, 1.807) is 0 Å². The van der Waals surface area contributed by atoms with Crippen molar-refractivity contribution in [3.63, 3.8) is 0 Å². The van der Waals surface area contributed by atoms with Gasteiger partial charge < -0.3 is 10.6 Å². The summed E-state index contributed by atoms with van der Waals surface area (Å²) in [7, 11) is 1.91. The van der Waals surface area contributed by atoms with Crippen LogP contribution in [0.25, 0.3) is 11.6 Å².